The number of likely N-dealkylation sites (N-methyl/N-ethyl adjacent to an activating group) is 1. The number of carboxylic acids is 1. The average Bonchev–Trinajstić information content (AvgIpc) is 2.96. The molecule has 0 fully saturated rings. The van der Waals surface area contributed by atoms with Crippen LogP contribution in [0.15, 0.2) is 95.4 Å². The number of fused-ring (bicyclic) bond motifs is 1. The number of hydrogen-bond donors (Lipinski definition) is 4. The number of aromatic carboxylic acids is 1. The number of nitrogens with one attached hydrogen (secondary N) is 3. The van der Waals surface area contributed by atoms with Gasteiger partial charge in [0.15, 0.2) is 0 Å². The Morgan fingerprint density at radius 1 is 1.00 bits per heavy atom. The van der Waals surface area contributed by atoms with Gasteiger partial charge < -0.3 is 21.1 Å². The van der Waals surface area contributed by atoms with Gasteiger partial charge >= 0.3 is 5.97 Å². The fourth-order valence-electron chi connectivity index (χ4n) is 3.32. The van der Waals surface area contributed by atoms with Crippen LogP contribution in [0.2, 0.25) is 0 Å². The van der Waals surface area contributed by atoms with E-state index in [2.05, 4.69) is 40.2 Å². The summed E-state index contributed by atoms with van der Waals surface area (Å²) >= 11 is 0. The van der Waals surface area contributed by atoms with E-state index in [9.17, 15) is 9.90 Å². The van der Waals surface area contributed by atoms with E-state index in [1.807, 2.05) is 43.5 Å². The molecule has 0 bridgehead atoms. The summed E-state index contributed by atoms with van der Waals surface area (Å²) in [7, 11) is 1.86. The zero-order valence-electron chi connectivity index (χ0n) is 16.5. The highest BCUT2D eigenvalue weighted by Gasteiger charge is 2.10. The van der Waals surface area contributed by atoms with Gasteiger partial charge in [-0.3, -0.25) is 0 Å². The molecule has 0 atom stereocenters. The zero-order chi connectivity index (χ0) is 20.9. The highest BCUT2D eigenvalue weighted by Crippen LogP contribution is 2.24. The number of carboxylic acid groups (broad SMARTS) is 1. The lowest BCUT2D eigenvalue weighted by molar-refractivity contribution is 0.0697. The van der Waals surface area contributed by atoms with Gasteiger partial charge in [-0.15, -0.1) is 0 Å². The molecule has 1 heterocycles. The average molecular weight is 398 g/mol. The third-order valence-corrected chi connectivity index (χ3v) is 4.80. The molecule has 0 aromatic heterocycles. The van der Waals surface area contributed by atoms with Gasteiger partial charge in [0.1, 0.15) is 11.7 Å². The fraction of sp³-hybridized carbons (Fsp3) is 0.0833. The van der Waals surface area contributed by atoms with Crippen LogP contribution in [0, 0.1) is 0 Å². The molecule has 6 nitrogen and oxygen atoms in total. The number of rotatable bonds is 5. The fourth-order valence-corrected chi connectivity index (χ4v) is 3.32. The first-order valence-corrected chi connectivity index (χ1v) is 9.65. The first-order chi connectivity index (χ1) is 14.6. The van der Waals surface area contributed by atoms with E-state index < -0.39 is 5.97 Å². The lowest BCUT2D eigenvalue weighted by Crippen LogP contribution is -2.13. The van der Waals surface area contributed by atoms with E-state index >= 15 is 0 Å². The molecule has 150 valence electrons. The van der Waals surface area contributed by atoms with Crippen molar-refractivity contribution in [1.29, 1.82) is 0 Å². The number of aliphatic imine (C=N–C) groups is 1. The first-order valence-electron chi connectivity index (χ1n) is 9.65. The van der Waals surface area contributed by atoms with Gasteiger partial charge in [-0.05, 0) is 29.7 Å². The van der Waals surface area contributed by atoms with Crippen LogP contribution in [0.4, 0.5) is 11.4 Å². The van der Waals surface area contributed by atoms with Gasteiger partial charge in [0, 0.05) is 42.0 Å². The number of allylic oxidation sites excluding steroid dienone is 1. The molecule has 0 amide bonds. The lowest BCUT2D eigenvalue weighted by atomic mass is 10.1. The summed E-state index contributed by atoms with van der Waals surface area (Å²) in [5.74, 6) is 0.425. The van der Waals surface area contributed by atoms with Crippen LogP contribution in [-0.4, -0.2) is 24.0 Å². The predicted molar refractivity (Wildman–Crippen MR) is 122 cm³/mol. The molecule has 3 aromatic rings. The number of benzene rings is 3. The van der Waals surface area contributed by atoms with Crippen molar-refractivity contribution in [3.05, 3.63) is 96.0 Å². The van der Waals surface area contributed by atoms with Gasteiger partial charge in [0.25, 0.3) is 0 Å². The van der Waals surface area contributed by atoms with E-state index in [1.54, 1.807) is 18.2 Å². The lowest BCUT2D eigenvalue weighted by Gasteiger charge is -2.12. The van der Waals surface area contributed by atoms with E-state index in [0.717, 1.165) is 28.0 Å². The van der Waals surface area contributed by atoms with Crippen LogP contribution in [0.1, 0.15) is 16.8 Å². The first kappa shape index (κ1) is 19.3. The van der Waals surface area contributed by atoms with E-state index in [4.69, 9.17) is 4.99 Å². The molecule has 0 spiro atoms. The van der Waals surface area contributed by atoms with E-state index in [1.165, 1.54) is 0 Å². The second-order valence-electron chi connectivity index (χ2n) is 6.86. The molecule has 0 saturated heterocycles. The number of amidine groups is 1. The monoisotopic (exact) mass is 398 g/mol. The maximum atomic E-state index is 11.3. The summed E-state index contributed by atoms with van der Waals surface area (Å²) in [6.45, 7) is 0. The maximum absolute atomic E-state index is 11.3. The maximum Gasteiger partial charge on any atom is 0.335 e. The van der Waals surface area contributed by atoms with E-state index in [0.29, 0.717) is 17.9 Å². The number of carbonyl (C=O) groups is 1. The molecule has 4 rings (SSSR count). The second-order valence-corrected chi connectivity index (χ2v) is 6.86. The van der Waals surface area contributed by atoms with Crippen molar-refractivity contribution in [2.75, 3.05) is 17.7 Å². The summed E-state index contributed by atoms with van der Waals surface area (Å²) in [6.07, 6.45) is 4.57. The van der Waals surface area contributed by atoms with Crippen molar-refractivity contribution in [2.45, 2.75) is 6.42 Å². The highest BCUT2D eigenvalue weighted by molar-refractivity contribution is 6.05. The minimum Gasteiger partial charge on any atom is -0.478 e. The number of anilines is 2. The Morgan fingerprint density at radius 2 is 1.80 bits per heavy atom. The van der Waals surface area contributed by atoms with Crippen LogP contribution in [0.5, 0.6) is 0 Å². The van der Waals surface area contributed by atoms with Crippen molar-refractivity contribution < 1.29 is 9.90 Å². The van der Waals surface area contributed by atoms with Crippen molar-refractivity contribution >= 4 is 34.0 Å². The topological polar surface area (TPSA) is 85.8 Å². The third-order valence-electron chi connectivity index (χ3n) is 4.80. The molecular weight excluding hydrogens is 376 g/mol. The van der Waals surface area contributed by atoms with Crippen LogP contribution in [-0.2, 0) is 0 Å². The zero-order valence-corrected chi connectivity index (χ0v) is 16.5. The Bertz CT molecular complexity index is 1190. The summed E-state index contributed by atoms with van der Waals surface area (Å²) in [5.41, 5.74) is 2.79. The molecule has 6 heteroatoms. The van der Waals surface area contributed by atoms with Crippen LogP contribution in [0.3, 0.4) is 0 Å². The van der Waals surface area contributed by atoms with Gasteiger partial charge in [0.2, 0.25) is 0 Å². The molecule has 1 aliphatic heterocycles. The Morgan fingerprint density at radius 3 is 2.63 bits per heavy atom. The standard InChI is InChI=1S/C24H22N4O2/c1-25-18-12-13-22(27-21-11-5-7-16-6-2-3-10-20(16)21)28-23(15-18)26-19-9-4-8-17(14-19)24(29)30/h2-12,14-15,25-26H,13H2,1H3,(H,27,28)(H,29,30). The van der Waals surface area contributed by atoms with Crippen molar-refractivity contribution in [3.8, 4) is 0 Å². The molecule has 0 saturated carbocycles. The molecule has 0 radical (unpaired) electrons. The molecular formula is C24H22N4O2. The Hall–Kier alpha value is -4.06. The highest BCUT2D eigenvalue weighted by atomic mass is 16.4. The van der Waals surface area contributed by atoms with Crippen molar-refractivity contribution in [1.82, 2.24) is 5.32 Å². The summed E-state index contributed by atoms with van der Waals surface area (Å²) < 4.78 is 0. The molecule has 3 aromatic carbocycles. The van der Waals surface area contributed by atoms with Crippen molar-refractivity contribution in [2.24, 2.45) is 4.99 Å². The molecule has 0 aliphatic carbocycles. The minimum atomic E-state index is -0.967. The van der Waals surface area contributed by atoms with Gasteiger partial charge in [-0.25, -0.2) is 9.79 Å². The molecule has 30 heavy (non-hydrogen) atoms. The smallest absolute Gasteiger partial charge is 0.335 e. The van der Waals surface area contributed by atoms with Gasteiger partial charge in [0.05, 0.1) is 5.56 Å². The number of nitrogens with zero attached hydrogens (tertiary/aromatic N) is 1. The van der Waals surface area contributed by atoms with Crippen LogP contribution in [0.25, 0.3) is 10.8 Å². The SMILES string of the molecule is CNC1=CCC(Nc2cccc3ccccc23)=NC(Nc2cccc(C(=O)O)c2)=C1. The predicted octanol–water partition coefficient (Wildman–Crippen LogP) is 4.81. The molecule has 0 unspecified atom stereocenters. The Labute approximate surface area is 174 Å². The third kappa shape index (κ3) is 4.33. The summed E-state index contributed by atoms with van der Waals surface area (Å²) in [5, 5.41) is 21.3. The van der Waals surface area contributed by atoms with Crippen LogP contribution < -0.4 is 16.0 Å². The Balaban J connectivity index is 1.64. The normalized spacial score (nSPS) is 13.6. The minimum absolute atomic E-state index is 0.219. The van der Waals surface area contributed by atoms with Gasteiger partial charge in [-0.2, -0.15) is 0 Å². The van der Waals surface area contributed by atoms with Crippen LogP contribution >= 0.6 is 0 Å². The molecule has 1 aliphatic rings. The quantitative estimate of drug-likeness (QED) is 0.496. The summed E-state index contributed by atoms with van der Waals surface area (Å²) in [6, 6.07) is 21.0. The summed E-state index contributed by atoms with van der Waals surface area (Å²) in [4.78, 5) is 16.0. The molecule has 4 N–H and O–H groups in total. The Kier molecular flexibility index (Phi) is 5.48. The number of hydrogen-bond acceptors (Lipinski definition) is 5. The largest absolute Gasteiger partial charge is 0.478 e. The van der Waals surface area contributed by atoms with E-state index in [-0.39, 0.29) is 5.56 Å². The van der Waals surface area contributed by atoms with Gasteiger partial charge in [-0.1, -0.05) is 48.5 Å². The second kappa shape index (κ2) is 8.53. The van der Waals surface area contributed by atoms with Crippen molar-refractivity contribution in [3.63, 3.8) is 0 Å².